The molecule has 0 aliphatic rings. The largest absolute Gasteiger partial charge is 0.320 e. The van der Waals surface area contributed by atoms with Crippen molar-refractivity contribution in [3.63, 3.8) is 0 Å². The van der Waals surface area contributed by atoms with Gasteiger partial charge in [-0.15, -0.1) is 0 Å². The first kappa shape index (κ1) is 11.0. The lowest BCUT2D eigenvalue weighted by molar-refractivity contribution is 0.0633. The van der Waals surface area contributed by atoms with Crippen molar-refractivity contribution >= 4 is 0 Å². The average molecular weight is 201 g/mol. The van der Waals surface area contributed by atoms with Gasteiger partial charge < -0.3 is 5.73 Å². The molecule has 0 radical (unpaired) electrons. The fourth-order valence-electron chi connectivity index (χ4n) is 0.978. The standard InChI is InChI=1S/C9H13F2N3/c1-6-4-14-7(5-13-6)3-9(2,12)8(10)11/h4-5,8H,3,12H2,1-2H3. The van der Waals surface area contributed by atoms with E-state index in [1.807, 2.05) is 0 Å². The predicted octanol–water partition coefficient (Wildman–Crippen LogP) is 1.31. The maximum atomic E-state index is 12.4. The van der Waals surface area contributed by atoms with Gasteiger partial charge in [0.2, 0.25) is 0 Å². The van der Waals surface area contributed by atoms with Crippen molar-refractivity contribution in [3.05, 3.63) is 23.8 Å². The average Bonchev–Trinajstić information content (AvgIpc) is 2.08. The summed E-state index contributed by atoms with van der Waals surface area (Å²) in [5.41, 5.74) is 5.12. The number of hydrogen-bond acceptors (Lipinski definition) is 3. The molecule has 1 aromatic heterocycles. The third-order valence-corrected chi connectivity index (χ3v) is 1.89. The molecule has 1 rings (SSSR count). The van der Waals surface area contributed by atoms with Crippen molar-refractivity contribution < 1.29 is 8.78 Å². The van der Waals surface area contributed by atoms with E-state index in [0.717, 1.165) is 5.69 Å². The van der Waals surface area contributed by atoms with E-state index in [-0.39, 0.29) is 6.42 Å². The SMILES string of the molecule is Cc1cnc(CC(C)(N)C(F)F)cn1. The topological polar surface area (TPSA) is 51.8 Å². The lowest BCUT2D eigenvalue weighted by atomic mass is 9.98. The van der Waals surface area contributed by atoms with Crippen LogP contribution in [0.2, 0.25) is 0 Å². The molecule has 1 aromatic rings. The molecule has 1 unspecified atom stereocenters. The normalized spacial score (nSPS) is 15.6. The van der Waals surface area contributed by atoms with Gasteiger partial charge in [0, 0.05) is 18.8 Å². The van der Waals surface area contributed by atoms with Crippen LogP contribution in [0.25, 0.3) is 0 Å². The molecule has 0 saturated carbocycles. The van der Waals surface area contributed by atoms with E-state index in [0.29, 0.717) is 5.69 Å². The van der Waals surface area contributed by atoms with Crippen LogP contribution in [0.15, 0.2) is 12.4 Å². The van der Waals surface area contributed by atoms with Crippen molar-refractivity contribution in [2.24, 2.45) is 5.73 Å². The number of aryl methyl sites for hydroxylation is 1. The summed E-state index contributed by atoms with van der Waals surface area (Å²) in [6, 6.07) is 0. The third kappa shape index (κ3) is 2.70. The summed E-state index contributed by atoms with van der Waals surface area (Å²) in [6.45, 7) is 3.09. The fraction of sp³-hybridized carbons (Fsp3) is 0.556. The van der Waals surface area contributed by atoms with E-state index in [9.17, 15) is 8.78 Å². The van der Waals surface area contributed by atoms with Gasteiger partial charge >= 0.3 is 0 Å². The Hall–Kier alpha value is -1.10. The zero-order chi connectivity index (χ0) is 10.8. The van der Waals surface area contributed by atoms with Gasteiger partial charge in [0.15, 0.2) is 0 Å². The molecule has 3 nitrogen and oxygen atoms in total. The Balaban J connectivity index is 2.74. The fourth-order valence-corrected chi connectivity index (χ4v) is 0.978. The lowest BCUT2D eigenvalue weighted by Gasteiger charge is -2.22. The van der Waals surface area contributed by atoms with Crippen LogP contribution in [0, 0.1) is 6.92 Å². The molecule has 0 aromatic carbocycles. The molecule has 0 amide bonds. The van der Waals surface area contributed by atoms with E-state index in [1.165, 1.54) is 19.3 Å². The quantitative estimate of drug-likeness (QED) is 0.802. The van der Waals surface area contributed by atoms with Crippen LogP contribution in [0.1, 0.15) is 18.3 Å². The first-order chi connectivity index (χ1) is 6.42. The molecular formula is C9H13F2N3. The predicted molar refractivity (Wildman–Crippen MR) is 49.1 cm³/mol. The van der Waals surface area contributed by atoms with Crippen molar-refractivity contribution in [1.29, 1.82) is 0 Å². The summed E-state index contributed by atoms with van der Waals surface area (Å²) in [4.78, 5) is 7.93. The van der Waals surface area contributed by atoms with E-state index in [2.05, 4.69) is 9.97 Å². The molecular weight excluding hydrogens is 188 g/mol. The smallest absolute Gasteiger partial charge is 0.256 e. The Morgan fingerprint density at radius 3 is 2.50 bits per heavy atom. The molecule has 2 N–H and O–H groups in total. The number of halogens is 2. The van der Waals surface area contributed by atoms with E-state index < -0.39 is 12.0 Å². The number of nitrogens with two attached hydrogens (primary N) is 1. The maximum Gasteiger partial charge on any atom is 0.256 e. The Bertz CT molecular complexity index is 295. The first-order valence-corrected chi connectivity index (χ1v) is 4.26. The van der Waals surface area contributed by atoms with Gasteiger partial charge in [0.25, 0.3) is 6.43 Å². The van der Waals surface area contributed by atoms with Crippen molar-refractivity contribution in [2.75, 3.05) is 0 Å². The minimum atomic E-state index is -2.56. The van der Waals surface area contributed by atoms with Gasteiger partial charge in [-0.25, -0.2) is 8.78 Å². The minimum Gasteiger partial charge on any atom is -0.320 e. The van der Waals surface area contributed by atoms with E-state index in [1.54, 1.807) is 6.92 Å². The minimum absolute atomic E-state index is 0.0257. The Morgan fingerprint density at radius 1 is 1.43 bits per heavy atom. The van der Waals surface area contributed by atoms with Crippen LogP contribution >= 0.6 is 0 Å². The summed E-state index contributed by atoms with van der Waals surface area (Å²) in [6.07, 6.45) is 0.475. The maximum absolute atomic E-state index is 12.4. The molecule has 1 heterocycles. The monoisotopic (exact) mass is 201 g/mol. The molecule has 0 bridgehead atoms. The summed E-state index contributed by atoms with van der Waals surface area (Å²) >= 11 is 0. The van der Waals surface area contributed by atoms with Crippen LogP contribution in [-0.4, -0.2) is 21.9 Å². The highest BCUT2D eigenvalue weighted by molar-refractivity contribution is 5.05. The van der Waals surface area contributed by atoms with Gasteiger partial charge in [-0.2, -0.15) is 0 Å². The van der Waals surface area contributed by atoms with Crippen molar-refractivity contribution in [1.82, 2.24) is 9.97 Å². The van der Waals surface area contributed by atoms with Gasteiger partial charge in [0.05, 0.1) is 16.9 Å². The van der Waals surface area contributed by atoms with Crippen LogP contribution in [0.5, 0.6) is 0 Å². The summed E-state index contributed by atoms with van der Waals surface area (Å²) in [5.74, 6) is 0. The Labute approximate surface area is 81.4 Å². The number of rotatable bonds is 3. The molecule has 5 heteroatoms. The molecule has 1 atom stereocenters. The molecule has 0 aliphatic heterocycles. The first-order valence-electron chi connectivity index (χ1n) is 4.26. The van der Waals surface area contributed by atoms with Crippen LogP contribution < -0.4 is 5.73 Å². The van der Waals surface area contributed by atoms with Crippen molar-refractivity contribution in [3.8, 4) is 0 Å². The van der Waals surface area contributed by atoms with Crippen LogP contribution in [-0.2, 0) is 6.42 Å². The summed E-state index contributed by atoms with van der Waals surface area (Å²) in [5, 5.41) is 0. The van der Waals surface area contributed by atoms with E-state index in [4.69, 9.17) is 5.73 Å². The number of aromatic nitrogens is 2. The second-order valence-electron chi connectivity index (χ2n) is 3.63. The van der Waals surface area contributed by atoms with Gasteiger partial charge in [-0.1, -0.05) is 0 Å². The highest BCUT2D eigenvalue weighted by Gasteiger charge is 2.30. The number of nitrogens with zero attached hydrogens (tertiary/aromatic N) is 2. The van der Waals surface area contributed by atoms with Gasteiger partial charge in [0.1, 0.15) is 0 Å². The summed E-state index contributed by atoms with van der Waals surface area (Å²) in [7, 11) is 0. The highest BCUT2D eigenvalue weighted by atomic mass is 19.3. The number of alkyl halides is 2. The molecule has 0 saturated heterocycles. The van der Waals surface area contributed by atoms with Crippen molar-refractivity contribution in [2.45, 2.75) is 32.2 Å². The number of hydrogen-bond donors (Lipinski definition) is 1. The Kier molecular flexibility index (Phi) is 3.10. The molecule has 0 spiro atoms. The zero-order valence-corrected chi connectivity index (χ0v) is 8.17. The Morgan fingerprint density at radius 2 is 2.07 bits per heavy atom. The van der Waals surface area contributed by atoms with Gasteiger partial charge in [-0.05, 0) is 13.8 Å². The van der Waals surface area contributed by atoms with Crippen LogP contribution in [0.3, 0.4) is 0 Å². The lowest BCUT2D eigenvalue weighted by Crippen LogP contribution is -2.46. The molecule has 14 heavy (non-hydrogen) atoms. The molecule has 0 aliphatic carbocycles. The second kappa shape index (κ2) is 3.96. The third-order valence-electron chi connectivity index (χ3n) is 1.89. The summed E-state index contributed by atoms with van der Waals surface area (Å²) < 4.78 is 24.8. The van der Waals surface area contributed by atoms with Gasteiger partial charge in [-0.3, -0.25) is 9.97 Å². The zero-order valence-electron chi connectivity index (χ0n) is 8.17. The molecule has 78 valence electrons. The molecule has 0 fully saturated rings. The highest BCUT2D eigenvalue weighted by Crippen LogP contribution is 2.16. The second-order valence-corrected chi connectivity index (χ2v) is 3.63. The van der Waals surface area contributed by atoms with E-state index >= 15 is 0 Å². The van der Waals surface area contributed by atoms with Crippen LogP contribution in [0.4, 0.5) is 8.78 Å².